The SMILES string of the molecule is CCCCCCCCCCCCO[C@H](CCCCCCCCCCC)CCO[C@@H]1[C@@H](NC(=O)C(F)(F)CCCCCCCCCCCC)[C@@H](OCC(=O)O)O[C@H](CF)[C@H]1OP(=O)(Oc1ccccc1)Oc1ccccc1. The number of alkyl halides is 3. The van der Waals surface area contributed by atoms with E-state index in [2.05, 4.69) is 26.1 Å². The van der Waals surface area contributed by atoms with E-state index in [9.17, 15) is 19.3 Å². The molecule has 1 saturated heterocycles. The molecule has 2 aromatic rings. The number of hydrogen-bond donors (Lipinski definition) is 2. The zero-order valence-corrected chi connectivity index (χ0v) is 47.7. The van der Waals surface area contributed by atoms with Gasteiger partial charge in [0.15, 0.2) is 6.29 Å². The van der Waals surface area contributed by atoms with Gasteiger partial charge in [0.2, 0.25) is 0 Å². The fourth-order valence-corrected chi connectivity index (χ4v) is 11.0. The minimum absolute atomic E-state index is 0.0748. The molecule has 0 bridgehead atoms. The summed E-state index contributed by atoms with van der Waals surface area (Å²) >= 11 is 0. The van der Waals surface area contributed by atoms with E-state index in [-0.39, 0.29) is 30.6 Å². The molecule has 436 valence electrons. The highest BCUT2D eigenvalue weighted by molar-refractivity contribution is 7.49. The summed E-state index contributed by atoms with van der Waals surface area (Å²) < 4.78 is 105. The highest BCUT2D eigenvalue weighted by Crippen LogP contribution is 2.52. The van der Waals surface area contributed by atoms with E-state index in [1.165, 1.54) is 121 Å². The molecule has 16 heteroatoms. The molecule has 0 aromatic heterocycles. The second-order valence-corrected chi connectivity index (χ2v) is 22.2. The maximum atomic E-state index is 16.0. The Morgan fingerprint density at radius 1 is 0.605 bits per heavy atom. The van der Waals surface area contributed by atoms with Crippen molar-refractivity contribution in [2.24, 2.45) is 0 Å². The second kappa shape index (κ2) is 41.8. The maximum Gasteiger partial charge on any atom is 0.588 e. The first-order valence-electron chi connectivity index (χ1n) is 29.7. The molecule has 1 aliphatic rings. The van der Waals surface area contributed by atoms with Gasteiger partial charge in [0, 0.05) is 19.6 Å². The van der Waals surface area contributed by atoms with Gasteiger partial charge in [-0.15, -0.1) is 0 Å². The molecule has 12 nitrogen and oxygen atoms in total. The number of carbonyl (C=O) groups excluding carboxylic acids is 1. The first-order chi connectivity index (χ1) is 36.9. The van der Waals surface area contributed by atoms with Crippen LogP contribution in [0.5, 0.6) is 11.5 Å². The average molecular weight is 1100 g/mol. The van der Waals surface area contributed by atoms with Gasteiger partial charge in [-0.1, -0.05) is 231 Å². The fraction of sp³-hybridized carbons (Fsp3) is 0.767. The first-order valence-corrected chi connectivity index (χ1v) is 31.2. The number of rotatable bonds is 49. The van der Waals surface area contributed by atoms with E-state index in [0.717, 1.165) is 83.5 Å². The van der Waals surface area contributed by atoms with Crippen LogP contribution in [0.2, 0.25) is 0 Å². The quantitative estimate of drug-likeness (QED) is 0.0482. The lowest BCUT2D eigenvalue weighted by Gasteiger charge is -2.45. The summed E-state index contributed by atoms with van der Waals surface area (Å²) in [6.45, 7) is 4.76. The molecule has 2 N–H and O–H groups in total. The molecule has 0 spiro atoms. The first kappa shape index (κ1) is 67.1. The van der Waals surface area contributed by atoms with Crippen LogP contribution in [0.15, 0.2) is 60.7 Å². The van der Waals surface area contributed by atoms with Gasteiger partial charge >= 0.3 is 19.7 Å². The van der Waals surface area contributed by atoms with E-state index in [1.807, 2.05) is 0 Å². The monoisotopic (exact) mass is 1100 g/mol. The van der Waals surface area contributed by atoms with Crippen molar-refractivity contribution < 1.29 is 65.0 Å². The van der Waals surface area contributed by atoms with E-state index in [0.29, 0.717) is 19.4 Å². The van der Waals surface area contributed by atoms with Gasteiger partial charge in [-0.2, -0.15) is 8.78 Å². The van der Waals surface area contributed by atoms with Crippen molar-refractivity contribution in [3.05, 3.63) is 60.7 Å². The van der Waals surface area contributed by atoms with Crippen molar-refractivity contribution in [3.63, 3.8) is 0 Å². The number of phosphoric acid groups is 1. The van der Waals surface area contributed by atoms with Crippen molar-refractivity contribution in [3.8, 4) is 11.5 Å². The number of para-hydroxylation sites is 2. The number of benzene rings is 2. The van der Waals surface area contributed by atoms with E-state index in [1.54, 1.807) is 36.4 Å². The smallest absolute Gasteiger partial charge is 0.480 e. The molecule has 0 radical (unpaired) electrons. The molecule has 2 aromatic carbocycles. The minimum atomic E-state index is -4.86. The standard InChI is InChI=1S/C60H99F3NO11P/c1-4-7-10-13-16-19-22-25-28-37-45-60(62,63)59(67)64-55-57(70-47-44-50(39-32-27-24-21-18-15-12-9-6-3)69-46-38-29-26-23-20-17-14-11-8-5-2)56(53(48-61)72-58(55)71-49-54(65)66)75-76(68,73-51-40-33-30-34-41-51)74-52-42-35-31-36-43-52/h30-31,33-36,40-43,50,53,55-58H,4-29,32,37-39,44-49H2,1-3H3,(H,64,67)(H,65,66)/t50-,53-,55-,56-,57-,58+/m1/s1. The Morgan fingerprint density at radius 3 is 1.51 bits per heavy atom. The van der Waals surface area contributed by atoms with Crippen molar-refractivity contribution in [2.45, 2.75) is 269 Å². The summed E-state index contributed by atoms with van der Waals surface area (Å²) in [5.41, 5.74) is 0. The lowest BCUT2D eigenvalue weighted by atomic mass is 9.96. The summed E-state index contributed by atoms with van der Waals surface area (Å²) in [5, 5.41) is 12.0. The van der Waals surface area contributed by atoms with Gasteiger partial charge in [0.1, 0.15) is 49.1 Å². The Morgan fingerprint density at radius 2 is 1.05 bits per heavy atom. The number of amides is 1. The highest BCUT2D eigenvalue weighted by Gasteiger charge is 2.54. The minimum Gasteiger partial charge on any atom is -0.480 e. The molecule has 0 saturated carbocycles. The van der Waals surface area contributed by atoms with Gasteiger partial charge in [-0.05, 0) is 49.9 Å². The Labute approximate surface area is 456 Å². The number of aliphatic carboxylic acids is 1. The predicted molar refractivity (Wildman–Crippen MR) is 296 cm³/mol. The van der Waals surface area contributed by atoms with Crippen LogP contribution in [-0.4, -0.2) is 86.1 Å². The summed E-state index contributed by atoms with van der Waals surface area (Å²) in [6, 6.07) is 14.3. The van der Waals surface area contributed by atoms with Gasteiger partial charge in [0.05, 0.1) is 6.10 Å². The number of phosphoric ester groups is 1. The fourth-order valence-electron chi connectivity index (χ4n) is 9.61. The van der Waals surface area contributed by atoms with E-state index < -0.39 is 76.0 Å². The molecule has 1 fully saturated rings. The highest BCUT2D eigenvalue weighted by atomic mass is 31.2. The van der Waals surface area contributed by atoms with E-state index >= 15 is 13.2 Å². The maximum absolute atomic E-state index is 16.0. The van der Waals surface area contributed by atoms with Gasteiger partial charge < -0.3 is 38.4 Å². The lowest BCUT2D eigenvalue weighted by molar-refractivity contribution is -0.271. The summed E-state index contributed by atoms with van der Waals surface area (Å²) in [4.78, 5) is 25.7. The third kappa shape index (κ3) is 29.7. The van der Waals surface area contributed by atoms with Crippen LogP contribution in [0.3, 0.4) is 0 Å². The van der Waals surface area contributed by atoms with Crippen LogP contribution in [-0.2, 0) is 37.6 Å². The van der Waals surface area contributed by atoms with Crippen molar-refractivity contribution >= 4 is 19.7 Å². The third-order valence-corrected chi connectivity index (χ3v) is 15.4. The third-order valence-electron chi connectivity index (χ3n) is 14.0. The lowest BCUT2D eigenvalue weighted by Crippen LogP contribution is -2.67. The summed E-state index contributed by atoms with van der Waals surface area (Å²) in [5.74, 6) is -6.83. The number of carboxylic acids is 1. The van der Waals surface area contributed by atoms with Crippen LogP contribution in [0.4, 0.5) is 13.2 Å². The van der Waals surface area contributed by atoms with Crippen molar-refractivity contribution in [2.75, 3.05) is 26.5 Å². The zero-order valence-electron chi connectivity index (χ0n) is 46.8. The van der Waals surface area contributed by atoms with Crippen LogP contribution >= 0.6 is 7.82 Å². The topological polar surface area (TPSA) is 148 Å². The Bertz CT molecular complexity index is 1740. The van der Waals surface area contributed by atoms with Crippen LogP contribution in [0.1, 0.15) is 226 Å². The Balaban J connectivity index is 1.90. The molecule has 1 aliphatic heterocycles. The number of hydrogen-bond acceptors (Lipinski definition) is 10. The number of carboxylic acid groups (broad SMARTS) is 1. The van der Waals surface area contributed by atoms with Crippen LogP contribution in [0, 0.1) is 0 Å². The molecule has 1 amide bonds. The van der Waals surface area contributed by atoms with Crippen LogP contribution < -0.4 is 14.4 Å². The molecular formula is C60H99F3NO11P. The number of carbonyl (C=O) groups is 2. The van der Waals surface area contributed by atoms with Gasteiger partial charge in [-0.3, -0.25) is 9.32 Å². The van der Waals surface area contributed by atoms with Crippen LogP contribution in [0.25, 0.3) is 0 Å². The molecule has 0 unspecified atom stereocenters. The average Bonchev–Trinajstić information content (AvgIpc) is 3.40. The molecule has 6 atom stereocenters. The number of unbranched alkanes of at least 4 members (excludes halogenated alkanes) is 26. The summed E-state index contributed by atoms with van der Waals surface area (Å²) in [7, 11) is -4.86. The Kier molecular flexibility index (Phi) is 36.9. The number of ether oxygens (including phenoxy) is 4. The Hall–Kier alpha value is -3.20. The largest absolute Gasteiger partial charge is 0.588 e. The van der Waals surface area contributed by atoms with E-state index in [4.69, 9.17) is 32.5 Å². The van der Waals surface area contributed by atoms with Crippen molar-refractivity contribution in [1.82, 2.24) is 5.32 Å². The van der Waals surface area contributed by atoms with Gasteiger partial charge in [0.25, 0.3) is 5.91 Å². The predicted octanol–water partition coefficient (Wildman–Crippen LogP) is 16.9. The summed E-state index contributed by atoms with van der Waals surface area (Å²) in [6.07, 6.45) is 24.5. The molecule has 1 heterocycles. The molecule has 0 aliphatic carbocycles. The molecular weight excluding hydrogens is 999 g/mol. The van der Waals surface area contributed by atoms with Gasteiger partial charge in [-0.25, -0.2) is 13.8 Å². The number of halogens is 3. The second-order valence-electron chi connectivity index (χ2n) is 20.8. The number of nitrogens with one attached hydrogen (secondary N) is 1. The molecule has 76 heavy (non-hydrogen) atoms. The zero-order chi connectivity index (χ0) is 55.0. The molecule has 3 rings (SSSR count). The van der Waals surface area contributed by atoms with Crippen molar-refractivity contribution in [1.29, 1.82) is 0 Å². The normalized spacial score (nSPS) is 18.4.